The van der Waals surface area contributed by atoms with Gasteiger partial charge in [0.05, 0.1) is 0 Å². The number of hydrogen-bond donors (Lipinski definition) is 0. The van der Waals surface area contributed by atoms with E-state index >= 15 is 0 Å². The van der Waals surface area contributed by atoms with E-state index in [-0.39, 0.29) is 12.4 Å². The minimum atomic E-state index is -1.15. The molecule has 0 atom stereocenters. The Labute approximate surface area is 101 Å². The first-order valence-electron chi connectivity index (χ1n) is 5.32. The van der Waals surface area contributed by atoms with Crippen molar-refractivity contribution in [1.29, 1.82) is 0 Å². The third-order valence-corrected chi connectivity index (χ3v) is 2.39. The van der Waals surface area contributed by atoms with Crippen molar-refractivity contribution in [2.75, 3.05) is 0 Å². The average molecular weight is 236 g/mol. The molecule has 1 aromatic carbocycles. The fraction of sp³-hybridized carbons (Fsp3) is 0.385. The third-order valence-electron chi connectivity index (χ3n) is 2.39. The standard InChI is InChI=1S/C13H16O4/c1-10(14)13(2,3)17-12(15)16-9-11-7-5-4-6-8-11/h4-8H,9H2,1-3H3. The quantitative estimate of drug-likeness (QED) is 0.754. The summed E-state index contributed by atoms with van der Waals surface area (Å²) in [4.78, 5) is 22.5. The fourth-order valence-corrected chi connectivity index (χ4v) is 1.03. The van der Waals surface area contributed by atoms with Gasteiger partial charge in [0, 0.05) is 0 Å². The number of carbonyl (C=O) groups excluding carboxylic acids is 2. The van der Waals surface area contributed by atoms with Crippen LogP contribution in [0.4, 0.5) is 4.79 Å². The lowest BCUT2D eigenvalue weighted by Gasteiger charge is -2.21. The zero-order valence-corrected chi connectivity index (χ0v) is 10.2. The van der Waals surface area contributed by atoms with Crippen LogP contribution in [0.3, 0.4) is 0 Å². The van der Waals surface area contributed by atoms with Gasteiger partial charge in [-0.3, -0.25) is 4.79 Å². The van der Waals surface area contributed by atoms with Crippen molar-refractivity contribution in [2.45, 2.75) is 33.0 Å². The van der Waals surface area contributed by atoms with E-state index in [1.807, 2.05) is 30.3 Å². The largest absolute Gasteiger partial charge is 0.509 e. The maximum absolute atomic E-state index is 11.3. The van der Waals surface area contributed by atoms with Crippen molar-refractivity contribution in [3.63, 3.8) is 0 Å². The van der Waals surface area contributed by atoms with E-state index in [4.69, 9.17) is 9.47 Å². The van der Waals surface area contributed by atoms with Crippen molar-refractivity contribution < 1.29 is 19.1 Å². The second-order valence-corrected chi connectivity index (χ2v) is 4.19. The smallest absolute Gasteiger partial charge is 0.429 e. The monoisotopic (exact) mass is 236 g/mol. The van der Waals surface area contributed by atoms with Gasteiger partial charge in [0.2, 0.25) is 0 Å². The van der Waals surface area contributed by atoms with Gasteiger partial charge < -0.3 is 9.47 Å². The minimum Gasteiger partial charge on any atom is -0.429 e. The highest BCUT2D eigenvalue weighted by atomic mass is 16.7. The molecule has 0 aliphatic heterocycles. The molecule has 0 saturated carbocycles. The minimum absolute atomic E-state index is 0.133. The third kappa shape index (κ3) is 4.26. The number of benzene rings is 1. The molecule has 0 aliphatic rings. The summed E-state index contributed by atoms with van der Waals surface area (Å²) in [6.07, 6.45) is -0.839. The van der Waals surface area contributed by atoms with Crippen LogP contribution in [0.25, 0.3) is 0 Å². The Hall–Kier alpha value is -1.84. The molecule has 4 nitrogen and oxygen atoms in total. The average Bonchev–Trinajstić information content (AvgIpc) is 2.27. The first kappa shape index (κ1) is 13.2. The molecule has 1 aromatic rings. The molecule has 0 bridgehead atoms. The summed E-state index contributed by atoms with van der Waals surface area (Å²) < 4.78 is 9.81. The van der Waals surface area contributed by atoms with Gasteiger partial charge in [-0.2, -0.15) is 0 Å². The Morgan fingerprint density at radius 3 is 2.29 bits per heavy atom. The van der Waals surface area contributed by atoms with Crippen LogP contribution in [0.2, 0.25) is 0 Å². The van der Waals surface area contributed by atoms with E-state index < -0.39 is 11.8 Å². The molecule has 4 heteroatoms. The highest BCUT2D eigenvalue weighted by Gasteiger charge is 2.29. The van der Waals surface area contributed by atoms with E-state index in [0.29, 0.717) is 0 Å². The van der Waals surface area contributed by atoms with Crippen LogP contribution >= 0.6 is 0 Å². The number of carbonyl (C=O) groups is 2. The lowest BCUT2D eigenvalue weighted by Crippen LogP contribution is -2.35. The van der Waals surface area contributed by atoms with Crippen LogP contribution in [0.5, 0.6) is 0 Å². The van der Waals surface area contributed by atoms with Gasteiger partial charge in [-0.1, -0.05) is 30.3 Å². The molecule has 0 saturated heterocycles. The zero-order chi connectivity index (χ0) is 12.9. The summed E-state index contributed by atoms with van der Waals surface area (Å²) in [5.74, 6) is -0.228. The van der Waals surface area contributed by atoms with Crippen molar-refractivity contribution in [3.8, 4) is 0 Å². The number of Topliss-reactive ketones (excluding diaryl/α,β-unsaturated/α-hetero) is 1. The number of rotatable bonds is 4. The molecular formula is C13H16O4. The number of ether oxygens (including phenoxy) is 2. The number of hydrogen-bond acceptors (Lipinski definition) is 4. The van der Waals surface area contributed by atoms with Gasteiger partial charge in [0.1, 0.15) is 6.61 Å². The molecule has 0 N–H and O–H groups in total. The predicted octanol–water partition coefficient (Wildman–Crippen LogP) is 2.71. The van der Waals surface area contributed by atoms with Crippen molar-refractivity contribution in [3.05, 3.63) is 35.9 Å². The van der Waals surface area contributed by atoms with Crippen molar-refractivity contribution in [2.24, 2.45) is 0 Å². The summed E-state index contributed by atoms with van der Waals surface area (Å²) >= 11 is 0. The van der Waals surface area contributed by atoms with Crippen LogP contribution in [0, 0.1) is 0 Å². The molecule has 0 fully saturated rings. The second-order valence-electron chi connectivity index (χ2n) is 4.19. The molecule has 0 aromatic heterocycles. The maximum Gasteiger partial charge on any atom is 0.509 e. The Morgan fingerprint density at radius 2 is 1.76 bits per heavy atom. The molecule has 0 heterocycles. The van der Waals surface area contributed by atoms with E-state index in [0.717, 1.165) is 5.56 Å². The maximum atomic E-state index is 11.3. The van der Waals surface area contributed by atoms with E-state index in [2.05, 4.69) is 0 Å². The second kappa shape index (κ2) is 5.48. The molecule has 17 heavy (non-hydrogen) atoms. The van der Waals surface area contributed by atoms with E-state index in [9.17, 15) is 9.59 Å². The predicted molar refractivity (Wildman–Crippen MR) is 62.5 cm³/mol. The number of ketones is 1. The summed E-state index contributed by atoms with van der Waals surface area (Å²) in [6.45, 7) is 4.55. The normalized spacial score (nSPS) is 10.8. The van der Waals surface area contributed by atoms with Crippen LogP contribution in [0.15, 0.2) is 30.3 Å². The van der Waals surface area contributed by atoms with Crippen LogP contribution in [0.1, 0.15) is 26.3 Å². The van der Waals surface area contributed by atoms with Gasteiger partial charge in [-0.15, -0.1) is 0 Å². The van der Waals surface area contributed by atoms with Gasteiger partial charge in [-0.25, -0.2) is 4.79 Å². The Balaban J connectivity index is 2.44. The molecule has 1 rings (SSSR count). The molecule has 0 radical (unpaired) electrons. The molecule has 92 valence electrons. The van der Waals surface area contributed by atoms with Crippen LogP contribution < -0.4 is 0 Å². The Kier molecular flexibility index (Phi) is 4.26. The summed E-state index contributed by atoms with van der Waals surface area (Å²) in [6, 6.07) is 9.25. The summed E-state index contributed by atoms with van der Waals surface area (Å²) in [5, 5.41) is 0. The lowest BCUT2D eigenvalue weighted by molar-refractivity contribution is -0.134. The SMILES string of the molecule is CC(=O)C(C)(C)OC(=O)OCc1ccccc1. The van der Waals surface area contributed by atoms with Crippen LogP contribution in [-0.2, 0) is 20.9 Å². The Morgan fingerprint density at radius 1 is 1.18 bits per heavy atom. The molecule has 0 spiro atoms. The first-order chi connectivity index (χ1) is 7.92. The van der Waals surface area contributed by atoms with Crippen molar-refractivity contribution in [1.82, 2.24) is 0 Å². The van der Waals surface area contributed by atoms with Gasteiger partial charge in [0.15, 0.2) is 11.4 Å². The first-order valence-corrected chi connectivity index (χ1v) is 5.32. The topological polar surface area (TPSA) is 52.6 Å². The van der Waals surface area contributed by atoms with Gasteiger partial charge in [0.25, 0.3) is 0 Å². The molecule has 0 amide bonds. The summed E-state index contributed by atoms with van der Waals surface area (Å²) in [7, 11) is 0. The van der Waals surface area contributed by atoms with Gasteiger partial charge >= 0.3 is 6.16 Å². The fourth-order valence-electron chi connectivity index (χ4n) is 1.03. The van der Waals surface area contributed by atoms with E-state index in [1.165, 1.54) is 20.8 Å². The lowest BCUT2D eigenvalue weighted by atomic mass is 10.1. The molecule has 0 unspecified atom stereocenters. The van der Waals surface area contributed by atoms with E-state index in [1.54, 1.807) is 0 Å². The molecular weight excluding hydrogens is 220 g/mol. The highest BCUT2D eigenvalue weighted by molar-refractivity contribution is 5.85. The zero-order valence-electron chi connectivity index (χ0n) is 10.2. The Bertz CT molecular complexity index is 395. The van der Waals surface area contributed by atoms with Crippen molar-refractivity contribution >= 4 is 11.9 Å². The van der Waals surface area contributed by atoms with Crippen LogP contribution in [-0.4, -0.2) is 17.5 Å². The highest BCUT2D eigenvalue weighted by Crippen LogP contribution is 2.12. The summed E-state index contributed by atoms with van der Waals surface area (Å²) in [5.41, 5.74) is -0.279. The molecule has 0 aliphatic carbocycles. The van der Waals surface area contributed by atoms with Gasteiger partial charge in [-0.05, 0) is 26.3 Å².